The number of piperidine rings is 1. The summed E-state index contributed by atoms with van der Waals surface area (Å²) < 4.78 is 15.9. The fourth-order valence-electron chi connectivity index (χ4n) is 8.11. The molecule has 0 bridgehead atoms. The Morgan fingerprint density at radius 3 is 2.56 bits per heavy atom. The van der Waals surface area contributed by atoms with E-state index in [1.807, 2.05) is 47.0 Å². The van der Waals surface area contributed by atoms with Crippen LogP contribution >= 0.6 is 0 Å². The van der Waals surface area contributed by atoms with Gasteiger partial charge in [-0.3, -0.25) is 14.4 Å². The highest BCUT2D eigenvalue weighted by Crippen LogP contribution is 2.36. The van der Waals surface area contributed by atoms with Crippen molar-refractivity contribution in [3.05, 3.63) is 107 Å². The van der Waals surface area contributed by atoms with Crippen LogP contribution in [0.2, 0.25) is 0 Å². The van der Waals surface area contributed by atoms with Crippen molar-refractivity contribution in [3.8, 4) is 23.2 Å². The van der Waals surface area contributed by atoms with Crippen LogP contribution in [-0.4, -0.2) is 97.2 Å². The largest absolute Gasteiger partial charge is 0.374 e. The molecule has 2 N–H and O–H groups in total. The molecule has 5 aromatic rings. The highest BCUT2D eigenvalue weighted by Gasteiger charge is 2.39. The molecule has 3 fully saturated rings. The molecule has 0 aliphatic carbocycles. The number of anilines is 2. The zero-order chi connectivity index (χ0) is 37.6. The Bertz CT molecular complexity index is 2400. The van der Waals surface area contributed by atoms with Crippen LogP contribution in [0.4, 0.5) is 16.0 Å². The molecule has 3 saturated heterocycles. The number of benzene rings is 2. The fraction of sp³-hybridized carbons (Fsp3) is 0.317. The number of pyridine rings is 1. The highest BCUT2D eigenvalue weighted by molar-refractivity contribution is 6.01. The number of piperazine rings is 1. The van der Waals surface area contributed by atoms with Crippen LogP contribution in [0.3, 0.4) is 0 Å². The number of hydrogen-bond acceptors (Lipinski definition) is 9. The number of aliphatic hydroxyl groups is 1. The molecule has 9 rings (SSSR count). The second-order valence-electron chi connectivity index (χ2n) is 14.3. The molecular weight excluding hydrogens is 702 g/mol. The van der Waals surface area contributed by atoms with Crippen LogP contribution in [-0.2, 0) is 16.1 Å². The van der Waals surface area contributed by atoms with Crippen molar-refractivity contribution in [3.63, 3.8) is 0 Å². The molecule has 14 heteroatoms. The molecule has 0 radical (unpaired) electrons. The first-order valence-electron chi connectivity index (χ1n) is 18.6. The lowest BCUT2D eigenvalue weighted by atomic mass is 10.0. The van der Waals surface area contributed by atoms with E-state index in [2.05, 4.69) is 31.9 Å². The van der Waals surface area contributed by atoms with Crippen LogP contribution < -0.4 is 15.1 Å². The van der Waals surface area contributed by atoms with Crippen LogP contribution in [0.15, 0.2) is 79.0 Å². The number of rotatable bonds is 5. The normalized spacial score (nSPS) is 21.1. The molecule has 3 amide bonds. The van der Waals surface area contributed by atoms with Gasteiger partial charge in [0.1, 0.15) is 35.4 Å². The lowest BCUT2D eigenvalue weighted by molar-refractivity contribution is -0.132. The molecule has 4 aliphatic rings. The maximum absolute atomic E-state index is 14.1. The number of carbonyl (C=O) groups excluding carboxylic acids is 3. The van der Waals surface area contributed by atoms with Crippen molar-refractivity contribution in [1.29, 1.82) is 0 Å². The summed E-state index contributed by atoms with van der Waals surface area (Å²) in [5, 5.41) is 17.2. The second-order valence-corrected chi connectivity index (χ2v) is 14.3. The number of aromatic nitrogens is 4. The third-order valence-corrected chi connectivity index (χ3v) is 11.0. The Morgan fingerprint density at radius 1 is 0.873 bits per heavy atom. The van der Waals surface area contributed by atoms with Gasteiger partial charge >= 0.3 is 0 Å². The molecular formula is C41H38FN9O4. The Balaban J connectivity index is 0.852. The summed E-state index contributed by atoms with van der Waals surface area (Å²) in [7, 11) is 0. The maximum atomic E-state index is 14.1. The number of nitrogens with one attached hydrogen (secondary N) is 1. The molecule has 278 valence electrons. The molecule has 2 unspecified atom stereocenters. The van der Waals surface area contributed by atoms with E-state index in [0.717, 1.165) is 53.5 Å². The summed E-state index contributed by atoms with van der Waals surface area (Å²) in [5.41, 5.74) is 4.94. The summed E-state index contributed by atoms with van der Waals surface area (Å²) in [6, 6.07) is 21.2. The Kier molecular flexibility index (Phi) is 8.86. The molecule has 55 heavy (non-hydrogen) atoms. The topological polar surface area (TPSA) is 140 Å². The number of carbonyl (C=O) groups is 3. The Hall–Kier alpha value is -6.33. The summed E-state index contributed by atoms with van der Waals surface area (Å²) in [6.07, 6.45) is 3.57. The van der Waals surface area contributed by atoms with E-state index >= 15 is 0 Å². The molecule has 0 spiro atoms. The fourth-order valence-corrected chi connectivity index (χ4v) is 8.11. The van der Waals surface area contributed by atoms with Gasteiger partial charge in [0, 0.05) is 56.3 Å². The smallest absolute Gasteiger partial charge is 0.298 e. The number of fused-ring (bicyclic) bond motifs is 2. The Labute approximate surface area is 316 Å². The van der Waals surface area contributed by atoms with E-state index in [1.165, 1.54) is 11.0 Å². The third-order valence-electron chi connectivity index (χ3n) is 11.0. The first kappa shape index (κ1) is 34.4. The zero-order valence-electron chi connectivity index (χ0n) is 29.9. The molecule has 13 nitrogen and oxygen atoms in total. The molecule has 3 atom stereocenters. The zero-order valence-corrected chi connectivity index (χ0v) is 29.9. The van der Waals surface area contributed by atoms with Gasteiger partial charge in [-0.1, -0.05) is 30.2 Å². The van der Waals surface area contributed by atoms with Crippen LogP contribution in [0.5, 0.6) is 0 Å². The summed E-state index contributed by atoms with van der Waals surface area (Å²) >= 11 is 0. The van der Waals surface area contributed by atoms with E-state index in [9.17, 15) is 23.9 Å². The van der Waals surface area contributed by atoms with E-state index in [4.69, 9.17) is 10.1 Å². The highest BCUT2D eigenvalue weighted by atomic mass is 19.1. The minimum atomic E-state index is -0.888. The second kappa shape index (κ2) is 14.1. The monoisotopic (exact) mass is 739 g/mol. The van der Waals surface area contributed by atoms with Gasteiger partial charge in [0.25, 0.3) is 11.8 Å². The number of nitrogens with zero attached hydrogens (tertiary/aromatic N) is 8. The number of imidazole rings is 1. The molecule has 3 aromatic heterocycles. The van der Waals surface area contributed by atoms with Gasteiger partial charge in [0.05, 0.1) is 17.9 Å². The van der Waals surface area contributed by atoms with E-state index < -0.39 is 12.3 Å². The third kappa shape index (κ3) is 6.61. The first-order valence-corrected chi connectivity index (χ1v) is 18.6. The minimum absolute atomic E-state index is 0.0393. The SMILES string of the molecule is O=C1NC(O)CCC1N1Cc2ccc(C#CC(=O)N3CCN(c4cccc(-c5cnc6ccc(N7CCC[C@@H]7c7cccc(F)c7)nn56)n4)CC3)cc2C1=O. The molecule has 0 saturated carbocycles. The predicted octanol–water partition coefficient (Wildman–Crippen LogP) is 3.53. The van der Waals surface area contributed by atoms with Gasteiger partial charge in [-0.2, -0.15) is 0 Å². The standard InChI is InChI=1S/C41H38FN9O4/c42-29-5-1-4-27(23-29)32-7-3-17-49(32)37-14-13-35-43-24-34(51(35)46-37)31-6-2-8-36(44-31)47-18-20-48(21-19-47)39(53)16-10-26-9-11-28-25-50(41(55)30(28)22-26)33-12-15-38(52)45-40(33)54/h1-2,4-6,8-9,11,13-14,22-24,32-33,38,52H,3,7,12,15,17-21,25H2,(H,45,54)/t32-,33?,38?/m1/s1. The van der Waals surface area contributed by atoms with E-state index in [0.29, 0.717) is 62.3 Å². The van der Waals surface area contributed by atoms with Gasteiger partial charge < -0.3 is 30.0 Å². The van der Waals surface area contributed by atoms with Crippen molar-refractivity contribution in [1.82, 2.24) is 34.7 Å². The Morgan fingerprint density at radius 2 is 1.73 bits per heavy atom. The number of halogens is 1. The van der Waals surface area contributed by atoms with Crippen molar-refractivity contribution in [2.45, 2.75) is 50.5 Å². The molecule has 7 heterocycles. The average Bonchev–Trinajstić information content (AvgIpc) is 3.95. The van der Waals surface area contributed by atoms with Crippen molar-refractivity contribution in [2.24, 2.45) is 0 Å². The minimum Gasteiger partial charge on any atom is -0.374 e. The summed E-state index contributed by atoms with van der Waals surface area (Å²) in [4.78, 5) is 56.0. The summed E-state index contributed by atoms with van der Waals surface area (Å²) in [5.74, 6) is 6.11. The van der Waals surface area contributed by atoms with Gasteiger partial charge in [-0.25, -0.2) is 18.9 Å². The lowest BCUT2D eigenvalue weighted by Crippen LogP contribution is -2.54. The van der Waals surface area contributed by atoms with E-state index in [-0.39, 0.29) is 29.6 Å². The lowest BCUT2D eigenvalue weighted by Gasteiger charge is -2.34. The summed E-state index contributed by atoms with van der Waals surface area (Å²) in [6.45, 7) is 3.22. The van der Waals surface area contributed by atoms with Crippen LogP contribution in [0.25, 0.3) is 17.0 Å². The molecule has 2 aromatic carbocycles. The maximum Gasteiger partial charge on any atom is 0.298 e. The number of hydrogen-bond donors (Lipinski definition) is 2. The van der Waals surface area contributed by atoms with Gasteiger partial charge in [0.2, 0.25) is 5.91 Å². The first-order chi connectivity index (χ1) is 26.8. The number of aliphatic hydroxyl groups excluding tert-OH is 1. The van der Waals surface area contributed by atoms with Gasteiger partial charge in [-0.05, 0) is 85.3 Å². The quantitative estimate of drug-likeness (QED) is 0.260. The van der Waals surface area contributed by atoms with Gasteiger partial charge in [0.15, 0.2) is 5.65 Å². The van der Waals surface area contributed by atoms with Crippen LogP contribution in [0.1, 0.15) is 58.8 Å². The van der Waals surface area contributed by atoms with Crippen molar-refractivity contribution in [2.75, 3.05) is 42.5 Å². The van der Waals surface area contributed by atoms with Crippen molar-refractivity contribution < 1.29 is 23.9 Å². The number of amides is 3. The van der Waals surface area contributed by atoms with Crippen LogP contribution in [0, 0.1) is 17.7 Å². The average molecular weight is 740 g/mol. The van der Waals surface area contributed by atoms with Crippen molar-refractivity contribution >= 4 is 35.0 Å². The van der Waals surface area contributed by atoms with Gasteiger partial charge in [-0.15, -0.1) is 5.10 Å². The van der Waals surface area contributed by atoms with E-state index in [1.54, 1.807) is 35.4 Å². The molecule has 4 aliphatic heterocycles. The predicted molar refractivity (Wildman–Crippen MR) is 201 cm³/mol.